The molecule has 6 heteroatoms. The first kappa shape index (κ1) is 15.5. The molecule has 21 heavy (non-hydrogen) atoms. The van der Waals surface area contributed by atoms with E-state index in [1.807, 2.05) is 35.2 Å². The predicted molar refractivity (Wildman–Crippen MR) is 84.2 cm³/mol. The predicted octanol–water partition coefficient (Wildman–Crippen LogP) is 1.73. The minimum Gasteiger partial charge on any atom is -0.333 e. The molecule has 0 spiro atoms. The van der Waals surface area contributed by atoms with Gasteiger partial charge in [-0.05, 0) is 19.1 Å². The summed E-state index contributed by atoms with van der Waals surface area (Å²) in [5.74, 6) is 0.0566. The Morgan fingerprint density at radius 2 is 2.10 bits per heavy atom. The number of piperazine rings is 1. The van der Waals surface area contributed by atoms with Crippen LogP contribution in [0.5, 0.6) is 0 Å². The quantitative estimate of drug-likeness (QED) is 0.919. The number of halogens is 1. The highest BCUT2D eigenvalue weighted by molar-refractivity contribution is 5.94. The van der Waals surface area contributed by atoms with Gasteiger partial charge in [-0.2, -0.15) is 5.10 Å². The molecule has 0 unspecified atom stereocenters. The molecular weight excluding hydrogens is 288 g/mol. The van der Waals surface area contributed by atoms with Gasteiger partial charge in [0.25, 0.3) is 5.91 Å². The van der Waals surface area contributed by atoms with E-state index in [4.69, 9.17) is 0 Å². The Morgan fingerprint density at radius 3 is 2.81 bits per heavy atom. The lowest BCUT2D eigenvalue weighted by atomic mass is 10.2. The minimum absolute atomic E-state index is 0. The fraction of sp³-hybridized carbons (Fsp3) is 0.333. The van der Waals surface area contributed by atoms with Gasteiger partial charge >= 0.3 is 0 Å². The highest BCUT2D eigenvalue weighted by Crippen LogP contribution is 2.12. The lowest BCUT2D eigenvalue weighted by Gasteiger charge is -2.33. The molecule has 1 aromatic carbocycles. The number of rotatable bonds is 2. The largest absolute Gasteiger partial charge is 0.333 e. The highest BCUT2D eigenvalue weighted by atomic mass is 35.5. The van der Waals surface area contributed by atoms with Crippen molar-refractivity contribution in [2.75, 3.05) is 19.6 Å². The molecule has 1 aromatic heterocycles. The molecule has 1 N–H and O–H groups in total. The van der Waals surface area contributed by atoms with Crippen LogP contribution in [0.4, 0.5) is 0 Å². The van der Waals surface area contributed by atoms with Crippen LogP contribution in [0.2, 0.25) is 0 Å². The van der Waals surface area contributed by atoms with Gasteiger partial charge in [-0.25, -0.2) is 4.68 Å². The second-order valence-corrected chi connectivity index (χ2v) is 5.06. The summed E-state index contributed by atoms with van der Waals surface area (Å²) in [6.45, 7) is 4.50. The first-order valence-corrected chi connectivity index (χ1v) is 6.87. The number of carbonyl (C=O) groups excluding carboxylic acids is 1. The van der Waals surface area contributed by atoms with Crippen molar-refractivity contribution in [2.45, 2.75) is 13.0 Å². The fourth-order valence-electron chi connectivity index (χ4n) is 2.46. The molecule has 1 fully saturated rings. The summed E-state index contributed by atoms with van der Waals surface area (Å²) in [5.41, 5.74) is 1.60. The molecular formula is C15H19ClN4O. The number of para-hydroxylation sites is 1. The molecule has 1 saturated heterocycles. The third kappa shape index (κ3) is 3.25. The molecule has 112 valence electrons. The average molecular weight is 307 g/mol. The van der Waals surface area contributed by atoms with Crippen molar-refractivity contribution in [3.63, 3.8) is 0 Å². The first-order chi connectivity index (χ1) is 9.75. The third-order valence-corrected chi connectivity index (χ3v) is 3.61. The van der Waals surface area contributed by atoms with E-state index in [1.54, 1.807) is 17.1 Å². The van der Waals surface area contributed by atoms with Crippen LogP contribution in [-0.4, -0.2) is 46.3 Å². The number of hydrogen-bond donors (Lipinski definition) is 1. The smallest absolute Gasteiger partial charge is 0.257 e. The van der Waals surface area contributed by atoms with Crippen LogP contribution in [-0.2, 0) is 0 Å². The second-order valence-electron chi connectivity index (χ2n) is 5.06. The van der Waals surface area contributed by atoms with Gasteiger partial charge in [0.15, 0.2) is 0 Å². The number of aromatic nitrogens is 2. The summed E-state index contributed by atoms with van der Waals surface area (Å²) in [5, 5.41) is 7.57. The molecule has 0 bridgehead atoms. The SMILES string of the molecule is C[C@H]1CNCCN1C(=O)c1cnn(-c2ccccc2)c1.Cl. The maximum absolute atomic E-state index is 12.5. The van der Waals surface area contributed by atoms with Crippen molar-refractivity contribution < 1.29 is 4.79 Å². The van der Waals surface area contributed by atoms with E-state index in [9.17, 15) is 4.79 Å². The Labute approximate surface area is 130 Å². The summed E-state index contributed by atoms with van der Waals surface area (Å²) in [6.07, 6.45) is 3.44. The van der Waals surface area contributed by atoms with E-state index in [0.717, 1.165) is 25.3 Å². The van der Waals surface area contributed by atoms with Crippen LogP contribution < -0.4 is 5.32 Å². The summed E-state index contributed by atoms with van der Waals surface area (Å²) >= 11 is 0. The van der Waals surface area contributed by atoms with Gasteiger partial charge in [0.05, 0.1) is 17.4 Å². The Bertz CT molecular complexity index is 599. The van der Waals surface area contributed by atoms with E-state index >= 15 is 0 Å². The number of carbonyl (C=O) groups is 1. The average Bonchev–Trinajstić information content (AvgIpc) is 2.98. The van der Waals surface area contributed by atoms with E-state index in [1.165, 1.54) is 0 Å². The number of nitrogens with one attached hydrogen (secondary N) is 1. The van der Waals surface area contributed by atoms with Crippen molar-refractivity contribution in [1.82, 2.24) is 20.0 Å². The Hall–Kier alpha value is -1.85. The molecule has 0 radical (unpaired) electrons. The molecule has 3 rings (SSSR count). The maximum Gasteiger partial charge on any atom is 0.257 e. The summed E-state index contributed by atoms with van der Waals surface area (Å²) in [4.78, 5) is 14.4. The van der Waals surface area contributed by atoms with Gasteiger partial charge in [0.1, 0.15) is 0 Å². The van der Waals surface area contributed by atoms with Crippen molar-refractivity contribution in [2.24, 2.45) is 0 Å². The number of nitrogens with zero attached hydrogens (tertiary/aromatic N) is 3. The monoisotopic (exact) mass is 306 g/mol. The highest BCUT2D eigenvalue weighted by Gasteiger charge is 2.24. The molecule has 2 heterocycles. The van der Waals surface area contributed by atoms with Gasteiger partial charge in [0, 0.05) is 31.9 Å². The number of hydrogen-bond acceptors (Lipinski definition) is 3. The summed E-state index contributed by atoms with van der Waals surface area (Å²) in [7, 11) is 0. The molecule has 1 aliphatic heterocycles. The van der Waals surface area contributed by atoms with Gasteiger partial charge in [0.2, 0.25) is 0 Å². The lowest BCUT2D eigenvalue weighted by molar-refractivity contribution is 0.0656. The topological polar surface area (TPSA) is 50.2 Å². The molecule has 1 amide bonds. The van der Waals surface area contributed by atoms with E-state index in [2.05, 4.69) is 17.3 Å². The normalized spacial score (nSPS) is 18.1. The van der Waals surface area contributed by atoms with Crippen LogP contribution in [0.3, 0.4) is 0 Å². The van der Waals surface area contributed by atoms with Crippen LogP contribution in [0.1, 0.15) is 17.3 Å². The van der Waals surface area contributed by atoms with Gasteiger partial charge in [-0.3, -0.25) is 4.79 Å². The van der Waals surface area contributed by atoms with Crippen LogP contribution >= 0.6 is 12.4 Å². The summed E-state index contributed by atoms with van der Waals surface area (Å²) in [6, 6.07) is 10.0. The zero-order valence-corrected chi connectivity index (χ0v) is 12.7. The summed E-state index contributed by atoms with van der Waals surface area (Å²) < 4.78 is 1.74. The van der Waals surface area contributed by atoms with Crippen LogP contribution in [0.15, 0.2) is 42.7 Å². The number of benzene rings is 1. The Morgan fingerprint density at radius 1 is 1.33 bits per heavy atom. The molecule has 0 saturated carbocycles. The van der Waals surface area contributed by atoms with Crippen molar-refractivity contribution in [1.29, 1.82) is 0 Å². The van der Waals surface area contributed by atoms with Crippen LogP contribution in [0.25, 0.3) is 5.69 Å². The zero-order valence-electron chi connectivity index (χ0n) is 11.9. The third-order valence-electron chi connectivity index (χ3n) is 3.61. The molecule has 1 atom stereocenters. The Kier molecular flexibility index (Phi) is 4.98. The molecule has 1 aliphatic rings. The van der Waals surface area contributed by atoms with E-state index < -0.39 is 0 Å². The van der Waals surface area contributed by atoms with Crippen molar-refractivity contribution >= 4 is 18.3 Å². The van der Waals surface area contributed by atoms with Crippen molar-refractivity contribution in [3.05, 3.63) is 48.3 Å². The minimum atomic E-state index is 0. The molecule has 2 aromatic rings. The van der Waals surface area contributed by atoms with Gasteiger partial charge in [-0.1, -0.05) is 18.2 Å². The second kappa shape index (κ2) is 6.74. The fourth-order valence-corrected chi connectivity index (χ4v) is 2.46. The Balaban J connectivity index is 0.00000161. The first-order valence-electron chi connectivity index (χ1n) is 6.87. The molecule has 0 aliphatic carbocycles. The van der Waals surface area contributed by atoms with Gasteiger partial charge < -0.3 is 10.2 Å². The van der Waals surface area contributed by atoms with E-state index in [0.29, 0.717) is 5.56 Å². The zero-order chi connectivity index (χ0) is 13.9. The standard InChI is InChI=1S/C15H18N4O.ClH/c1-12-9-16-7-8-18(12)15(20)13-10-17-19(11-13)14-5-3-2-4-6-14;/h2-6,10-12,16H,7-9H2,1H3;1H/t12-;/m0./s1. The van der Waals surface area contributed by atoms with Gasteiger partial charge in [-0.15, -0.1) is 12.4 Å². The molecule has 5 nitrogen and oxygen atoms in total. The maximum atomic E-state index is 12.5. The van der Waals surface area contributed by atoms with Crippen molar-refractivity contribution in [3.8, 4) is 5.69 Å². The number of amides is 1. The van der Waals surface area contributed by atoms with E-state index in [-0.39, 0.29) is 24.4 Å². The lowest BCUT2D eigenvalue weighted by Crippen LogP contribution is -2.52. The van der Waals surface area contributed by atoms with Crippen LogP contribution in [0, 0.1) is 0 Å².